The Labute approximate surface area is 199 Å². The van der Waals surface area contributed by atoms with Gasteiger partial charge in [0.2, 0.25) is 5.91 Å². The standard InChI is InChI=1S/C25H30N4O3S/c1-31-22-9-5-19(6-10-22)3-4-20-13-15-28(16-14-20)24(30)17-33-25-27-26-18-29(25)21-7-11-23(32-2)12-8-21/h5-12,18,20H,3-4,13-17H2,1-2H3. The van der Waals surface area contributed by atoms with Crippen LogP contribution in [0.3, 0.4) is 0 Å². The molecule has 0 spiro atoms. The van der Waals surface area contributed by atoms with E-state index in [0.717, 1.165) is 56.0 Å². The Hall–Kier alpha value is -3.00. The Balaban J connectivity index is 1.22. The SMILES string of the molecule is COc1ccc(CCC2CCN(C(=O)CSc3nncn3-c3ccc(OC)cc3)CC2)cc1. The molecule has 0 radical (unpaired) electrons. The molecule has 1 aliphatic heterocycles. The van der Waals surface area contributed by atoms with Gasteiger partial charge in [-0.1, -0.05) is 23.9 Å². The molecule has 0 atom stereocenters. The molecule has 1 fully saturated rings. The lowest BCUT2D eigenvalue weighted by atomic mass is 9.90. The molecule has 0 aliphatic carbocycles. The number of nitrogens with zero attached hydrogens (tertiary/aromatic N) is 4. The molecule has 1 amide bonds. The van der Waals surface area contributed by atoms with Crippen LogP contribution >= 0.6 is 11.8 Å². The molecule has 4 rings (SSSR count). The van der Waals surface area contributed by atoms with Crippen LogP contribution < -0.4 is 9.47 Å². The average Bonchev–Trinajstić information content (AvgIpc) is 3.35. The van der Waals surface area contributed by atoms with Crippen LogP contribution in [0.4, 0.5) is 0 Å². The Morgan fingerprint density at radius 3 is 2.27 bits per heavy atom. The van der Waals surface area contributed by atoms with E-state index in [1.165, 1.54) is 17.3 Å². The summed E-state index contributed by atoms with van der Waals surface area (Å²) in [4.78, 5) is 14.8. The first kappa shape index (κ1) is 23.2. The topological polar surface area (TPSA) is 69.5 Å². The third-order valence-corrected chi connectivity index (χ3v) is 7.09. The molecule has 33 heavy (non-hydrogen) atoms. The quantitative estimate of drug-likeness (QED) is 0.439. The first-order valence-electron chi connectivity index (χ1n) is 11.2. The molecule has 0 bridgehead atoms. The van der Waals surface area contributed by atoms with Crippen molar-refractivity contribution in [2.24, 2.45) is 5.92 Å². The number of aromatic nitrogens is 3. The van der Waals surface area contributed by atoms with Gasteiger partial charge < -0.3 is 14.4 Å². The summed E-state index contributed by atoms with van der Waals surface area (Å²) in [5.74, 6) is 2.89. The Morgan fingerprint density at radius 2 is 1.64 bits per heavy atom. The first-order chi connectivity index (χ1) is 16.2. The summed E-state index contributed by atoms with van der Waals surface area (Å²) in [5, 5.41) is 8.93. The lowest BCUT2D eigenvalue weighted by Crippen LogP contribution is -2.39. The predicted octanol–water partition coefficient (Wildman–Crippen LogP) is 4.25. The molecule has 0 saturated carbocycles. The van der Waals surface area contributed by atoms with E-state index < -0.39 is 0 Å². The van der Waals surface area contributed by atoms with Crippen LogP contribution in [-0.4, -0.2) is 58.6 Å². The Morgan fingerprint density at radius 1 is 1.00 bits per heavy atom. The number of amides is 1. The molecule has 174 valence electrons. The smallest absolute Gasteiger partial charge is 0.233 e. The van der Waals surface area contributed by atoms with E-state index in [9.17, 15) is 4.79 Å². The third-order valence-electron chi connectivity index (χ3n) is 6.16. The summed E-state index contributed by atoms with van der Waals surface area (Å²) >= 11 is 1.43. The van der Waals surface area contributed by atoms with Gasteiger partial charge in [-0.2, -0.15) is 0 Å². The van der Waals surface area contributed by atoms with Gasteiger partial charge in [0.25, 0.3) is 0 Å². The highest BCUT2D eigenvalue weighted by Crippen LogP contribution is 2.25. The predicted molar refractivity (Wildman–Crippen MR) is 129 cm³/mol. The number of aryl methyl sites for hydroxylation is 1. The van der Waals surface area contributed by atoms with Crippen molar-refractivity contribution in [3.8, 4) is 17.2 Å². The second-order valence-corrected chi connectivity index (χ2v) is 9.12. The van der Waals surface area contributed by atoms with Gasteiger partial charge in [-0.25, -0.2) is 0 Å². The number of carbonyl (C=O) groups excluding carboxylic acids is 1. The Bertz CT molecular complexity index is 1030. The van der Waals surface area contributed by atoms with Gasteiger partial charge in [-0.15, -0.1) is 10.2 Å². The maximum absolute atomic E-state index is 12.8. The molecule has 1 saturated heterocycles. The molecular formula is C25H30N4O3S. The number of likely N-dealkylation sites (tertiary alicyclic amines) is 1. The number of carbonyl (C=O) groups is 1. The van der Waals surface area contributed by atoms with Crippen molar-refractivity contribution in [2.75, 3.05) is 33.1 Å². The van der Waals surface area contributed by atoms with Gasteiger partial charge in [-0.05, 0) is 73.6 Å². The first-order valence-corrected chi connectivity index (χ1v) is 12.2. The van der Waals surface area contributed by atoms with E-state index in [-0.39, 0.29) is 5.91 Å². The van der Waals surface area contributed by atoms with Crippen LogP contribution in [0.15, 0.2) is 60.0 Å². The molecule has 0 unspecified atom stereocenters. The number of piperidine rings is 1. The van der Waals surface area contributed by atoms with Crippen LogP contribution in [0.5, 0.6) is 11.5 Å². The fourth-order valence-corrected chi connectivity index (χ4v) is 4.93. The second-order valence-electron chi connectivity index (χ2n) is 8.18. The van der Waals surface area contributed by atoms with Crippen molar-refractivity contribution in [3.63, 3.8) is 0 Å². The van der Waals surface area contributed by atoms with Gasteiger partial charge in [0.15, 0.2) is 5.16 Å². The number of thioether (sulfide) groups is 1. The summed E-state index contributed by atoms with van der Waals surface area (Å²) in [6.45, 7) is 1.66. The highest BCUT2D eigenvalue weighted by atomic mass is 32.2. The van der Waals surface area contributed by atoms with Crippen LogP contribution in [0, 0.1) is 5.92 Å². The van der Waals surface area contributed by atoms with Crippen LogP contribution in [0.2, 0.25) is 0 Å². The van der Waals surface area contributed by atoms with Crippen LogP contribution in [-0.2, 0) is 11.2 Å². The van der Waals surface area contributed by atoms with Gasteiger partial charge >= 0.3 is 0 Å². The minimum Gasteiger partial charge on any atom is -0.497 e. The maximum atomic E-state index is 12.8. The third kappa shape index (κ3) is 6.07. The zero-order chi connectivity index (χ0) is 23.0. The van der Waals surface area contributed by atoms with Crippen molar-refractivity contribution in [2.45, 2.75) is 30.8 Å². The number of hydrogen-bond donors (Lipinski definition) is 0. The molecule has 3 aromatic rings. The van der Waals surface area contributed by atoms with Crippen molar-refractivity contribution in [3.05, 3.63) is 60.4 Å². The largest absolute Gasteiger partial charge is 0.497 e. The summed E-state index contributed by atoms with van der Waals surface area (Å²) in [6.07, 6.45) is 6.03. The van der Waals surface area contributed by atoms with E-state index >= 15 is 0 Å². The lowest BCUT2D eigenvalue weighted by molar-refractivity contribution is -0.129. The number of benzene rings is 2. The van der Waals surface area contributed by atoms with Gasteiger partial charge in [0, 0.05) is 18.8 Å². The minimum absolute atomic E-state index is 0.165. The zero-order valence-corrected chi connectivity index (χ0v) is 20.0. The van der Waals surface area contributed by atoms with Gasteiger partial charge in [0.1, 0.15) is 17.8 Å². The van der Waals surface area contributed by atoms with E-state index in [4.69, 9.17) is 9.47 Å². The highest BCUT2D eigenvalue weighted by Gasteiger charge is 2.23. The highest BCUT2D eigenvalue weighted by molar-refractivity contribution is 7.99. The number of rotatable bonds is 9. The molecule has 1 aliphatic rings. The van der Waals surface area contributed by atoms with Crippen LogP contribution in [0.25, 0.3) is 5.69 Å². The fourth-order valence-electron chi connectivity index (χ4n) is 4.09. The van der Waals surface area contributed by atoms with Crippen LogP contribution in [0.1, 0.15) is 24.8 Å². The molecule has 2 heterocycles. The van der Waals surface area contributed by atoms with E-state index in [2.05, 4.69) is 22.3 Å². The minimum atomic E-state index is 0.165. The van der Waals surface area contributed by atoms with Crippen molar-refractivity contribution in [1.29, 1.82) is 0 Å². The van der Waals surface area contributed by atoms with E-state index in [1.807, 2.05) is 45.9 Å². The molecule has 7 nitrogen and oxygen atoms in total. The number of hydrogen-bond acceptors (Lipinski definition) is 6. The molecule has 1 aromatic heterocycles. The summed E-state index contributed by atoms with van der Waals surface area (Å²) in [7, 11) is 3.33. The van der Waals surface area contributed by atoms with E-state index in [1.54, 1.807) is 20.5 Å². The average molecular weight is 467 g/mol. The number of ether oxygens (including phenoxy) is 2. The van der Waals surface area contributed by atoms with E-state index in [0.29, 0.717) is 16.8 Å². The fraction of sp³-hybridized carbons (Fsp3) is 0.400. The maximum Gasteiger partial charge on any atom is 0.233 e. The van der Waals surface area contributed by atoms with Gasteiger partial charge in [0.05, 0.1) is 20.0 Å². The zero-order valence-electron chi connectivity index (χ0n) is 19.1. The van der Waals surface area contributed by atoms with Crippen molar-refractivity contribution >= 4 is 17.7 Å². The normalized spacial score (nSPS) is 14.3. The lowest BCUT2D eigenvalue weighted by Gasteiger charge is -2.32. The monoisotopic (exact) mass is 466 g/mol. The molecule has 0 N–H and O–H groups in total. The summed E-state index contributed by atoms with van der Waals surface area (Å²) in [5.41, 5.74) is 2.28. The Kier molecular flexibility index (Phi) is 7.88. The molecule has 8 heteroatoms. The second kappa shape index (κ2) is 11.2. The molecular weight excluding hydrogens is 436 g/mol. The summed E-state index contributed by atoms with van der Waals surface area (Å²) in [6, 6.07) is 16.0. The van der Waals surface area contributed by atoms with Crippen molar-refractivity contribution in [1.82, 2.24) is 19.7 Å². The molecule has 2 aromatic carbocycles. The number of methoxy groups -OCH3 is 2. The van der Waals surface area contributed by atoms with Crippen molar-refractivity contribution < 1.29 is 14.3 Å². The summed E-state index contributed by atoms with van der Waals surface area (Å²) < 4.78 is 12.3. The van der Waals surface area contributed by atoms with Gasteiger partial charge in [-0.3, -0.25) is 9.36 Å².